The first-order valence-corrected chi connectivity index (χ1v) is 13.1. The lowest BCUT2D eigenvalue weighted by Gasteiger charge is -2.38. The van der Waals surface area contributed by atoms with Gasteiger partial charge in [0.25, 0.3) is 0 Å². The fraction of sp³-hybridized carbons (Fsp3) is 0.667. The summed E-state index contributed by atoms with van der Waals surface area (Å²) in [6.07, 6.45) is 3.22. The van der Waals surface area contributed by atoms with Crippen molar-refractivity contribution in [3.05, 3.63) is 23.8 Å². The number of hydrogen-bond donors (Lipinski definition) is 1. The third-order valence-electron chi connectivity index (χ3n) is 8.84. The van der Waals surface area contributed by atoms with Gasteiger partial charge in [-0.15, -0.1) is 0 Å². The molecule has 194 valence electrons. The van der Waals surface area contributed by atoms with E-state index >= 15 is 0 Å². The van der Waals surface area contributed by atoms with E-state index in [4.69, 9.17) is 19.0 Å². The van der Waals surface area contributed by atoms with E-state index in [-0.39, 0.29) is 23.9 Å². The fourth-order valence-electron chi connectivity index (χ4n) is 6.14. The maximum atomic E-state index is 13.8. The van der Waals surface area contributed by atoms with Gasteiger partial charge in [0.05, 0.1) is 30.0 Å². The third kappa shape index (κ3) is 4.14. The highest BCUT2D eigenvalue weighted by atomic mass is 16.7. The zero-order valence-corrected chi connectivity index (χ0v) is 22.5. The fourth-order valence-corrected chi connectivity index (χ4v) is 6.14. The number of hydrogen-bond acceptors (Lipinski definition) is 6. The molecule has 3 heterocycles. The summed E-state index contributed by atoms with van der Waals surface area (Å²) in [5.41, 5.74) is 3.33. The molecule has 9 heteroatoms. The molecule has 4 atom stereocenters. The van der Waals surface area contributed by atoms with E-state index in [1.807, 2.05) is 30.9 Å². The number of methoxy groups -OCH3 is 1. The van der Waals surface area contributed by atoms with Crippen LogP contribution in [0, 0.1) is 11.8 Å². The van der Waals surface area contributed by atoms with Crippen LogP contribution in [0.3, 0.4) is 0 Å². The average molecular weight is 495 g/mol. The first-order valence-electron chi connectivity index (χ1n) is 13.1. The van der Waals surface area contributed by atoms with Crippen LogP contribution in [0.1, 0.15) is 66.4 Å². The largest absolute Gasteiger partial charge is 0.494 e. The quantitative estimate of drug-likeness (QED) is 0.633. The van der Waals surface area contributed by atoms with Crippen LogP contribution in [0.5, 0.6) is 0 Å². The van der Waals surface area contributed by atoms with Crippen molar-refractivity contribution in [3.63, 3.8) is 0 Å². The number of nitrogens with zero attached hydrogens (tertiary/aromatic N) is 2. The van der Waals surface area contributed by atoms with E-state index in [0.717, 1.165) is 41.7 Å². The zero-order valence-electron chi connectivity index (χ0n) is 22.5. The molecular formula is C27H38BN3O5. The molecule has 0 aromatic heterocycles. The standard InChI is InChI=1S/C27H38BN3O5/c1-15(2)22(30-25(33)34-7)24(32)31-19-10-8-16(13-19)23(31)21-14-17-12-18(9-11-20(17)29-21)28-35-26(3,4)27(5,6)36-28/h9,11-12,15-16,19,22-23H,8,10,13-14H2,1-7H3,(H,30,33)/t16-,19+,22-,23-/m0/s1. The number of ether oxygens (including phenoxy) is 1. The van der Waals surface area contributed by atoms with E-state index in [9.17, 15) is 9.59 Å². The number of rotatable bonds is 5. The van der Waals surface area contributed by atoms with E-state index in [1.54, 1.807) is 0 Å². The monoisotopic (exact) mass is 495 g/mol. The third-order valence-corrected chi connectivity index (χ3v) is 8.84. The van der Waals surface area contributed by atoms with Gasteiger partial charge in [-0.2, -0.15) is 0 Å². The second-order valence-corrected chi connectivity index (χ2v) is 12.0. The maximum Gasteiger partial charge on any atom is 0.494 e. The number of carbonyl (C=O) groups excluding carboxylic acids is 2. The summed E-state index contributed by atoms with van der Waals surface area (Å²) in [5.74, 6) is 0.311. The van der Waals surface area contributed by atoms with Gasteiger partial charge in [-0.1, -0.05) is 26.0 Å². The minimum Gasteiger partial charge on any atom is -0.453 e. The van der Waals surface area contributed by atoms with Crippen LogP contribution < -0.4 is 10.8 Å². The topological polar surface area (TPSA) is 89.5 Å². The average Bonchev–Trinajstić information content (AvgIpc) is 3.57. The first kappa shape index (κ1) is 25.3. The van der Waals surface area contributed by atoms with Crippen molar-refractivity contribution in [1.29, 1.82) is 0 Å². The number of fused-ring (bicyclic) bond motifs is 3. The number of nitrogens with one attached hydrogen (secondary N) is 1. The molecular weight excluding hydrogens is 457 g/mol. The van der Waals surface area contributed by atoms with Crippen LogP contribution in [0.2, 0.25) is 0 Å². The molecule has 4 aliphatic rings. The van der Waals surface area contributed by atoms with Crippen LogP contribution in [-0.4, -0.2) is 66.2 Å². The van der Waals surface area contributed by atoms with Gasteiger partial charge in [0.1, 0.15) is 6.04 Å². The lowest BCUT2D eigenvalue weighted by atomic mass is 9.78. The summed E-state index contributed by atoms with van der Waals surface area (Å²) >= 11 is 0. The molecule has 3 fully saturated rings. The summed E-state index contributed by atoms with van der Waals surface area (Å²) in [6.45, 7) is 12.1. The van der Waals surface area contributed by atoms with Crippen molar-refractivity contribution in [2.75, 3.05) is 7.11 Å². The highest BCUT2D eigenvalue weighted by Crippen LogP contribution is 2.45. The molecule has 1 saturated carbocycles. The van der Waals surface area contributed by atoms with Gasteiger partial charge in [-0.05, 0) is 75.9 Å². The number of piperidine rings is 1. The molecule has 0 spiro atoms. The summed E-state index contributed by atoms with van der Waals surface area (Å²) in [4.78, 5) is 32.8. The van der Waals surface area contributed by atoms with Crippen molar-refractivity contribution in [3.8, 4) is 0 Å². The highest BCUT2D eigenvalue weighted by molar-refractivity contribution is 6.62. The highest BCUT2D eigenvalue weighted by Gasteiger charge is 2.53. The number of benzene rings is 1. The molecule has 2 saturated heterocycles. The van der Waals surface area contributed by atoms with Gasteiger partial charge in [0.2, 0.25) is 5.91 Å². The molecule has 36 heavy (non-hydrogen) atoms. The zero-order chi connectivity index (χ0) is 26.0. The second-order valence-electron chi connectivity index (χ2n) is 12.0. The van der Waals surface area contributed by atoms with Crippen LogP contribution in [0.4, 0.5) is 10.5 Å². The van der Waals surface area contributed by atoms with Crippen molar-refractivity contribution in [2.45, 2.75) is 96.6 Å². The van der Waals surface area contributed by atoms with Gasteiger partial charge in [-0.3, -0.25) is 9.79 Å². The van der Waals surface area contributed by atoms with Crippen LogP contribution in [0.25, 0.3) is 0 Å². The molecule has 5 rings (SSSR count). The molecule has 1 aliphatic carbocycles. The second kappa shape index (κ2) is 8.87. The van der Waals surface area contributed by atoms with Gasteiger partial charge in [0, 0.05) is 18.2 Å². The number of alkyl carbamates (subject to hydrolysis) is 1. The maximum absolute atomic E-state index is 13.8. The van der Waals surface area contributed by atoms with Crippen LogP contribution in [0.15, 0.2) is 23.2 Å². The van der Waals surface area contributed by atoms with E-state index in [1.165, 1.54) is 7.11 Å². The predicted octanol–water partition coefficient (Wildman–Crippen LogP) is 3.37. The minimum atomic E-state index is -0.626. The Labute approximate surface area is 214 Å². The van der Waals surface area contributed by atoms with Gasteiger partial charge < -0.3 is 24.3 Å². The molecule has 8 nitrogen and oxygen atoms in total. The normalized spacial score (nSPS) is 28.3. The van der Waals surface area contributed by atoms with Crippen LogP contribution >= 0.6 is 0 Å². The number of carbonyl (C=O) groups is 2. The number of aliphatic imine (C=N–C) groups is 1. The Hall–Kier alpha value is -2.39. The van der Waals surface area contributed by atoms with Crippen molar-refractivity contribution in [2.24, 2.45) is 16.8 Å². The summed E-state index contributed by atoms with van der Waals surface area (Å²) in [7, 11) is 0.904. The Kier molecular flexibility index (Phi) is 6.23. The molecule has 2 amide bonds. The van der Waals surface area contributed by atoms with Crippen molar-refractivity contribution < 1.29 is 23.6 Å². The Balaban J connectivity index is 1.37. The predicted molar refractivity (Wildman–Crippen MR) is 139 cm³/mol. The Morgan fingerprint density at radius 2 is 1.86 bits per heavy atom. The molecule has 0 unspecified atom stereocenters. The molecule has 3 aliphatic heterocycles. The van der Waals surface area contributed by atoms with Crippen molar-refractivity contribution >= 4 is 36.0 Å². The van der Waals surface area contributed by atoms with E-state index in [2.05, 4.69) is 39.1 Å². The van der Waals surface area contributed by atoms with E-state index in [0.29, 0.717) is 12.3 Å². The Morgan fingerprint density at radius 1 is 1.17 bits per heavy atom. The molecule has 1 aromatic rings. The van der Waals surface area contributed by atoms with Gasteiger partial charge >= 0.3 is 13.2 Å². The van der Waals surface area contributed by atoms with Gasteiger partial charge in [0.15, 0.2) is 0 Å². The Bertz CT molecular complexity index is 1080. The number of amides is 2. The number of likely N-dealkylation sites (tertiary alicyclic amines) is 1. The lowest BCUT2D eigenvalue weighted by molar-refractivity contribution is -0.137. The molecule has 2 bridgehead atoms. The summed E-state index contributed by atoms with van der Waals surface area (Å²) in [5, 5.41) is 2.76. The molecule has 1 aromatic carbocycles. The SMILES string of the molecule is COC(=O)N[C@H](C(=O)N1[C@@H]2CC[C@@H](C2)[C@H]1C1=Nc2ccc(B3OC(C)(C)C(C)(C)O3)cc2C1)C(C)C. The van der Waals surface area contributed by atoms with E-state index < -0.39 is 30.5 Å². The molecule has 1 N–H and O–H groups in total. The first-order chi connectivity index (χ1) is 16.9. The minimum absolute atomic E-state index is 0.0374. The summed E-state index contributed by atoms with van der Waals surface area (Å²) in [6, 6.07) is 5.75. The van der Waals surface area contributed by atoms with Crippen molar-refractivity contribution in [1.82, 2.24) is 10.2 Å². The van der Waals surface area contributed by atoms with Crippen LogP contribution in [-0.2, 0) is 25.3 Å². The lowest BCUT2D eigenvalue weighted by Crippen LogP contribution is -2.57. The summed E-state index contributed by atoms with van der Waals surface area (Å²) < 4.78 is 17.3. The smallest absolute Gasteiger partial charge is 0.453 e. The Morgan fingerprint density at radius 3 is 2.50 bits per heavy atom. The van der Waals surface area contributed by atoms with Gasteiger partial charge in [-0.25, -0.2) is 4.79 Å². The molecule has 0 radical (unpaired) electrons.